The largest absolute Gasteiger partial charge is 0.433 e. The van der Waals surface area contributed by atoms with Crippen molar-refractivity contribution >= 4 is 17.7 Å². The average Bonchev–Trinajstić information content (AvgIpc) is 2.67. The molecule has 4 nitrogen and oxygen atoms in total. The lowest BCUT2D eigenvalue weighted by Gasteiger charge is -2.35. The Kier molecular flexibility index (Phi) is 6.27. The minimum absolute atomic E-state index is 0.0424. The molecule has 0 spiro atoms. The molecule has 1 aromatic carbocycles. The first-order valence-corrected chi connectivity index (χ1v) is 10.1. The van der Waals surface area contributed by atoms with Crippen molar-refractivity contribution in [3.8, 4) is 11.3 Å². The van der Waals surface area contributed by atoms with Crippen LogP contribution in [0.1, 0.15) is 38.8 Å². The van der Waals surface area contributed by atoms with E-state index in [1.165, 1.54) is 0 Å². The van der Waals surface area contributed by atoms with Gasteiger partial charge in [0.25, 0.3) is 0 Å². The Labute approximate surface area is 166 Å². The second kappa shape index (κ2) is 8.51. The third-order valence-corrected chi connectivity index (χ3v) is 5.73. The predicted molar refractivity (Wildman–Crippen MR) is 103 cm³/mol. The summed E-state index contributed by atoms with van der Waals surface area (Å²) in [6.45, 7) is 4.38. The van der Waals surface area contributed by atoms with Gasteiger partial charge in [-0.25, -0.2) is 9.97 Å². The first-order valence-electron chi connectivity index (χ1n) is 9.24. The molecule has 2 aromatic rings. The molecule has 0 aliphatic carbocycles. The summed E-state index contributed by atoms with van der Waals surface area (Å²) in [5, 5.41) is -0.605. The van der Waals surface area contributed by atoms with E-state index in [1.807, 2.05) is 11.8 Å². The first kappa shape index (κ1) is 20.6. The van der Waals surface area contributed by atoms with E-state index in [0.717, 1.165) is 37.1 Å². The standard InChI is InChI=1S/C20H22F3N3OS/c1-13-8-6-7-11-26(13)18(27)14(2)28-19-24-16(15-9-4-3-5-10-15)12-17(25-19)20(21,22)23/h3-5,9-10,12-14H,6-8,11H2,1-2H3/t13-,14+/m0/s1. The number of thioether (sulfide) groups is 1. The van der Waals surface area contributed by atoms with Gasteiger partial charge < -0.3 is 4.90 Å². The van der Waals surface area contributed by atoms with E-state index in [1.54, 1.807) is 37.3 Å². The molecule has 2 atom stereocenters. The highest BCUT2D eigenvalue weighted by atomic mass is 32.2. The van der Waals surface area contributed by atoms with Crippen molar-refractivity contribution in [2.75, 3.05) is 6.54 Å². The summed E-state index contributed by atoms with van der Waals surface area (Å²) in [6.07, 6.45) is -1.60. The summed E-state index contributed by atoms with van der Waals surface area (Å²) in [5.74, 6) is -0.0838. The molecule has 0 N–H and O–H groups in total. The summed E-state index contributed by atoms with van der Waals surface area (Å²) in [4.78, 5) is 22.5. The molecule has 1 aromatic heterocycles. The number of carbonyl (C=O) groups excluding carboxylic acids is 1. The summed E-state index contributed by atoms with van der Waals surface area (Å²) in [6, 6.07) is 9.74. The van der Waals surface area contributed by atoms with Crippen molar-refractivity contribution in [2.45, 2.75) is 55.7 Å². The lowest BCUT2D eigenvalue weighted by molar-refractivity contribution is -0.141. The fourth-order valence-electron chi connectivity index (χ4n) is 3.25. The van der Waals surface area contributed by atoms with Gasteiger partial charge in [0.2, 0.25) is 5.91 Å². The number of rotatable bonds is 4. The highest BCUT2D eigenvalue weighted by Gasteiger charge is 2.35. The molecule has 1 fully saturated rings. The van der Waals surface area contributed by atoms with Gasteiger partial charge in [0.15, 0.2) is 5.16 Å². The quantitative estimate of drug-likeness (QED) is 0.524. The second-order valence-corrected chi connectivity index (χ2v) is 8.23. The number of halogens is 3. The number of benzene rings is 1. The molecule has 8 heteroatoms. The Hall–Kier alpha value is -2.09. The van der Waals surface area contributed by atoms with E-state index in [2.05, 4.69) is 9.97 Å². The Balaban J connectivity index is 1.87. The van der Waals surface area contributed by atoms with Gasteiger partial charge in [-0.2, -0.15) is 13.2 Å². The molecule has 1 amide bonds. The molecule has 0 bridgehead atoms. The van der Waals surface area contributed by atoms with E-state index >= 15 is 0 Å². The zero-order chi connectivity index (χ0) is 20.3. The fourth-order valence-corrected chi connectivity index (χ4v) is 4.10. The molecular formula is C20H22F3N3OS. The van der Waals surface area contributed by atoms with Crippen LogP contribution >= 0.6 is 11.8 Å². The van der Waals surface area contributed by atoms with Gasteiger partial charge in [0.1, 0.15) is 5.69 Å². The molecule has 0 radical (unpaired) electrons. The predicted octanol–water partition coefficient (Wildman–Crippen LogP) is 5.04. The van der Waals surface area contributed by atoms with Crippen LogP contribution in [-0.2, 0) is 11.0 Å². The normalized spacial score (nSPS) is 18.8. The van der Waals surface area contributed by atoms with Gasteiger partial charge in [-0.05, 0) is 39.2 Å². The summed E-state index contributed by atoms with van der Waals surface area (Å²) < 4.78 is 40.0. The van der Waals surface area contributed by atoms with Crippen LogP contribution in [0.3, 0.4) is 0 Å². The monoisotopic (exact) mass is 409 g/mol. The maximum atomic E-state index is 13.3. The molecule has 1 saturated heterocycles. The van der Waals surface area contributed by atoms with Gasteiger partial charge in [-0.3, -0.25) is 4.79 Å². The zero-order valence-corrected chi connectivity index (χ0v) is 16.6. The molecule has 1 aliphatic heterocycles. The molecule has 0 unspecified atom stereocenters. The Morgan fingerprint density at radius 2 is 1.93 bits per heavy atom. The van der Waals surface area contributed by atoms with Crippen molar-refractivity contribution in [1.29, 1.82) is 0 Å². The molecule has 0 saturated carbocycles. The van der Waals surface area contributed by atoms with Crippen LogP contribution in [0.25, 0.3) is 11.3 Å². The molecule has 1 aliphatic rings. The van der Waals surface area contributed by atoms with Crippen molar-refractivity contribution in [2.24, 2.45) is 0 Å². The third-order valence-electron chi connectivity index (χ3n) is 4.78. The van der Waals surface area contributed by atoms with Gasteiger partial charge >= 0.3 is 6.18 Å². The van der Waals surface area contributed by atoms with Crippen molar-refractivity contribution in [3.05, 3.63) is 42.1 Å². The van der Waals surface area contributed by atoms with Crippen LogP contribution in [-0.4, -0.2) is 38.6 Å². The first-order chi connectivity index (χ1) is 13.3. The van der Waals surface area contributed by atoms with Crippen molar-refractivity contribution in [3.63, 3.8) is 0 Å². The van der Waals surface area contributed by atoms with Crippen LogP contribution in [0.15, 0.2) is 41.6 Å². The van der Waals surface area contributed by atoms with E-state index < -0.39 is 17.1 Å². The van der Waals surface area contributed by atoms with Crippen molar-refractivity contribution < 1.29 is 18.0 Å². The van der Waals surface area contributed by atoms with Gasteiger partial charge in [0, 0.05) is 18.2 Å². The molecular weight excluding hydrogens is 387 g/mol. The Morgan fingerprint density at radius 3 is 2.57 bits per heavy atom. The Morgan fingerprint density at radius 1 is 1.21 bits per heavy atom. The number of likely N-dealkylation sites (tertiary alicyclic amines) is 1. The van der Waals surface area contributed by atoms with Gasteiger partial charge in [-0.15, -0.1) is 0 Å². The molecule has 2 heterocycles. The lowest BCUT2D eigenvalue weighted by atomic mass is 10.0. The van der Waals surface area contributed by atoms with Crippen LogP contribution in [0, 0.1) is 0 Å². The summed E-state index contributed by atoms with van der Waals surface area (Å²) >= 11 is 0.973. The fraction of sp³-hybridized carbons (Fsp3) is 0.450. The van der Waals surface area contributed by atoms with Crippen LogP contribution in [0.4, 0.5) is 13.2 Å². The number of amides is 1. The molecule has 3 rings (SSSR count). The highest BCUT2D eigenvalue weighted by molar-refractivity contribution is 8.00. The average molecular weight is 409 g/mol. The summed E-state index contributed by atoms with van der Waals surface area (Å²) in [7, 11) is 0. The number of alkyl halides is 3. The SMILES string of the molecule is C[C@@H](Sc1nc(-c2ccccc2)cc(C(F)(F)F)n1)C(=O)N1CCCC[C@@H]1C. The van der Waals surface area contributed by atoms with Crippen molar-refractivity contribution in [1.82, 2.24) is 14.9 Å². The molecule has 28 heavy (non-hydrogen) atoms. The van der Waals surface area contributed by atoms with E-state index in [0.29, 0.717) is 12.1 Å². The van der Waals surface area contributed by atoms with Gasteiger partial charge in [0.05, 0.1) is 10.9 Å². The number of hydrogen-bond donors (Lipinski definition) is 0. The summed E-state index contributed by atoms with van der Waals surface area (Å²) in [5.41, 5.74) is -0.243. The van der Waals surface area contributed by atoms with Crippen LogP contribution < -0.4 is 0 Å². The third kappa shape index (κ3) is 4.84. The smallest absolute Gasteiger partial charge is 0.339 e. The zero-order valence-electron chi connectivity index (χ0n) is 15.7. The minimum Gasteiger partial charge on any atom is -0.339 e. The highest BCUT2D eigenvalue weighted by Crippen LogP contribution is 2.33. The van der Waals surface area contributed by atoms with E-state index in [4.69, 9.17) is 0 Å². The van der Waals surface area contributed by atoms with E-state index in [-0.39, 0.29) is 22.8 Å². The number of hydrogen-bond acceptors (Lipinski definition) is 4. The van der Waals surface area contributed by atoms with E-state index in [9.17, 15) is 18.0 Å². The number of piperidine rings is 1. The maximum absolute atomic E-state index is 13.3. The lowest BCUT2D eigenvalue weighted by Crippen LogP contribution is -2.45. The topological polar surface area (TPSA) is 46.1 Å². The maximum Gasteiger partial charge on any atom is 0.433 e. The second-order valence-electron chi connectivity index (χ2n) is 6.92. The number of nitrogens with zero attached hydrogens (tertiary/aromatic N) is 3. The van der Waals surface area contributed by atoms with Gasteiger partial charge in [-0.1, -0.05) is 42.1 Å². The Bertz CT molecular complexity index is 829. The number of aromatic nitrogens is 2. The van der Waals surface area contributed by atoms with Crippen LogP contribution in [0.2, 0.25) is 0 Å². The minimum atomic E-state index is -4.59. The molecule has 150 valence electrons. The van der Waals surface area contributed by atoms with Crippen LogP contribution in [0.5, 0.6) is 0 Å². The number of carbonyl (C=O) groups is 1.